The van der Waals surface area contributed by atoms with Crippen LogP contribution in [0.2, 0.25) is 0 Å². The van der Waals surface area contributed by atoms with E-state index in [1.165, 1.54) is 0 Å². The maximum atomic E-state index is 12.8. The summed E-state index contributed by atoms with van der Waals surface area (Å²) in [7, 11) is 0. The number of amides is 2. The zero-order chi connectivity index (χ0) is 22.6. The fraction of sp³-hybridized carbons (Fsp3) is 0.192. The smallest absolute Gasteiger partial charge is 0.306 e. The van der Waals surface area contributed by atoms with Gasteiger partial charge in [0.05, 0.1) is 0 Å². The first kappa shape index (κ1) is 22.7. The van der Waals surface area contributed by atoms with Gasteiger partial charge in [0.15, 0.2) is 0 Å². The van der Waals surface area contributed by atoms with E-state index >= 15 is 0 Å². The van der Waals surface area contributed by atoms with Gasteiger partial charge in [-0.05, 0) is 29.7 Å². The van der Waals surface area contributed by atoms with Gasteiger partial charge in [0.2, 0.25) is 5.91 Å². The molecule has 0 aliphatic rings. The van der Waals surface area contributed by atoms with Crippen molar-refractivity contribution >= 4 is 17.8 Å². The van der Waals surface area contributed by atoms with Crippen LogP contribution in [0.4, 0.5) is 0 Å². The highest BCUT2D eigenvalue weighted by Crippen LogP contribution is 2.07. The molecule has 1 atom stereocenters. The second-order valence-corrected chi connectivity index (χ2v) is 7.28. The third kappa shape index (κ3) is 7.40. The third-order valence-electron chi connectivity index (χ3n) is 4.85. The van der Waals surface area contributed by atoms with Gasteiger partial charge in [-0.15, -0.1) is 0 Å². The minimum atomic E-state index is -0.865. The summed E-state index contributed by atoms with van der Waals surface area (Å²) in [6.45, 7) is 0.497. The molecule has 0 aliphatic heterocycles. The number of ether oxygens (including phenoxy) is 1. The summed E-state index contributed by atoms with van der Waals surface area (Å²) in [6, 6.07) is 26.6. The highest BCUT2D eigenvalue weighted by atomic mass is 16.5. The van der Waals surface area contributed by atoms with Crippen LogP contribution in [0.3, 0.4) is 0 Å². The molecule has 3 rings (SSSR count). The van der Waals surface area contributed by atoms with E-state index < -0.39 is 12.0 Å². The standard InChI is InChI=1S/C26H26N2O4/c29-24(32-19-21-12-6-2-7-13-21)17-16-23(28-25(30)22-14-8-3-9-15-22)26(31)27-18-20-10-4-1-5-11-20/h1-15,23H,16-19H2,(H,27,31)(H,28,30)/t23-/m0/s1. The van der Waals surface area contributed by atoms with Crippen LogP contribution in [0.25, 0.3) is 0 Å². The van der Waals surface area contributed by atoms with Gasteiger partial charge in [-0.2, -0.15) is 0 Å². The number of rotatable bonds is 10. The number of nitrogens with one attached hydrogen (secondary N) is 2. The van der Waals surface area contributed by atoms with Crippen LogP contribution < -0.4 is 10.6 Å². The van der Waals surface area contributed by atoms with E-state index in [1.54, 1.807) is 24.3 Å². The van der Waals surface area contributed by atoms with Crippen molar-refractivity contribution < 1.29 is 19.1 Å². The topological polar surface area (TPSA) is 84.5 Å². The van der Waals surface area contributed by atoms with Gasteiger partial charge in [0, 0.05) is 18.5 Å². The van der Waals surface area contributed by atoms with E-state index in [0.29, 0.717) is 12.1 Å². The number of carbonyl (C=O) groups is 3. The lowest BCUT2D eigenvalue weighted by molar-refractivity contribution is -0.145. The fourth-order valence-corrected chi connectivity index (χ4v) is 3.08. The Kier molecular flexibility index (Phi) is 8.57. The number of esters is 1. The molecule has 3 aromatic carbocycles. The number of hydrogen-bond acceptors (Lipinski definition) is 4. The average Bonchev–Trinajstić information content (AvgIpc) is 2.85. The number of carbonyl (C=O) groups excluding carboxylic acids is 3. The van der Waals surface area contributed by atoms with Crippen molar-refractivity contribution in [2.24, 2.45) is 0 Å². The summed E-state index contributed by atoms with van der Waals surface area (Å²) >= 11 is 0. The highest BCUT2D eigenvalue weighted by Gasteiger charge is 2.22. The molecule has 2 N–H and O–H groups in total. The zero-order valence-corrected chi connectivity index (χ0v) is 17.7. The lowest BCUT2D eigenvalue weighted by atomic mass is 10.1. The first-order valence-electron chi connectivity index (χ1n) is 10.5. The molecule has 3 aromatic rings. The normalized spacial score (nSPS) is 11.2. The molecular weight excluding hydrogens is 404 g/mol. The summed E-state index contributed by atoms with van der Waals surface area (Å²) < 4.78 is 5.29. The molecule has 0 heterocycles. The molecule has 0 saturated heterocycles. The molecule has 2 amide bonds. The zero-order valence-electron chi connectivity index (χ0n) is 17.7. The van der Waals surface area contributed by atoms with Crippen LogP contribution in [0.5, 0.6) is 0 Å². The van der Waals surface area contributed by atoms with E-state index in [1.807, 2.05) is 66.7 Å². The second-order valence-electron chi connectivity index (χ2n) is 7.28. The predicted molar refractivity (Wildman–Crippen MR) is 121 cm³/mol. The van der Waals surface area contributed by atoms with Crippen LogP contribution in [-0.4, -0.2) is 23.8 Å². The predicted octanol–water partition coefficient (Wildman–Crippen LogP) is 3.63. The van der Waals surface area contributed by atoms with Gasteiger partial charge in [0.1, 0.15) is 12.6 Å². The lowest BCUT2D eigenvalue weighted by Crippen LogP contribution is -2.46. The van der Waals surface area contributed by atoms with Crippen LogP contribution in [0.1, 0.15) is 34.3 Å². The fourth-order valence-electron chi connectivity index (χ4n) is 3.08. The Morgan fingerprint density at radius 2 is 1.31 bits per heavy atom. The molecule has 0 unspecified atom stereocenters. The Bertz CT molecular complexity index is 1010. The molecule has 0 bridgehead atoms. The van der Waals surface area contributed by atoms with Crippen molar-refractivity contribution in [3.63, 3.8) is 0 Å². The Labute approximate surface area is 187 Å². The summed E-state index contributed by atoms with van der Waals surface area (Å²) in [4.78, 5) is 37.6. The molecule has 6 heteroatoms. The van der Waals surface area contributed by atoms with Gasteiger partial charge in [-0.3, -0.25) is 14.4 Å². The minimum absolute atomic E-state index is 0.00528. The molecule has 0 radical (unpaired) electrons. The quantitative estimate of drug-likeness (QED) is 0.481. The molecule has 6 nitrogen and oxygen atoms in total. The van der Waals surface area contributed by atoms with Crippen LogP contribution in [0.15, 0.2) is 91.0 Å². The van der Waals surface area contributed by atoms with Gasteiger partial charge in [0.25, 0.3) is 5.91 Å². The van der Waals surface area contributed by atoms with E-state index in [0.717, 1.165) is 11.1 Å². The molecule has 32 heavy (non-hydrogen) atoms. The molecule has 0 aromatic heterocycles. The summed E-state index contributed by atoms with van der Waals surface area (Å²) in [5, 5.41) is 5.57. The molecule has 0 aliphatic carbocycles. The summed E-state index contributed by atoms with van der Waals surface area (Å²) in [5.41, 5.74) is 2.27. The monoisotopic (exact) mass is 430 g/mol. The van der Waals surface area contributed by atoms with Gasteiger partial charge >= 0.3 is 5.97 Å². The number of benzene rings is 3. The van der Waals surface area contributed by atoms with Crippen molar-refractivity contribution in [3.05, 3.63) is 108 Å². The maximum absolute atomic E-state index is 12.8. The summed E-state index contributed by atoms with van der Waals surface area (Å²) in [5.74, 6) is -1.15. The Morgan fingerprint density at radius 1 is 0.750 bits per heavy atom. The van der Waals surface area contributed by atoms with Crippen LogP contribution in [-0.2, 0) is 27.5 Å². The van der Waals surface area contributed by atoms with Crippen molar-refractivity contribution in [2.75, 3.05) is 0 Å². The molecule has 0 fully saturated rings. The summed E-state index contributed by atoms with van der Waals surface area (Å²) in [6.07, 6.45) is 0.137. The van der Waals surface area contributed by atoms with Crippen molar-refractivity contribution in [2.45, 2.75) is 32.0 Å². The largest absolute Gasteiger partial charge is 0.461 e. The average molecular weight is 431 g/mol. The lowest BCUT2D eigenvalue weighted by Gasteiger charge is -2.18. The van der Waals surface area contributed by atoms with Crippen molar-refractivity contribution in [1.82, 2.24) is 10.6 Å². The van der Waals surface area contributed by atoms with Crippen molar-refractivity contribution in [1.29, 1.82) is 0 Å². The van der Waals surface area contributed by atoms with Crippen LogP contribution in [0, 0.1) is 0 Å². The Hall–Kier alpha value is -3.93. The first-order chi connectivity index (χ1) is 15.6. The van der Waals surface area contributed by atoms with Gasteiger partial charge < -0.3 is 15.4 Å². The molecule has 0 spiro atoms. The van der Waals surface area contributed by atoms with Gasteiger partial charge in [-0.1, -0.05) is 78.9 Å². The second kappa shape index (κ2) is 12.1. The van der Waals surface area contributed by atoms with E-state index in [4.69, 9.17) is 4.74 Å². The minimum Gasteiger partial charge on any atom is -0.461 e. The SMILES string of the molecule is O=C(CC[C@H](NC(=O)c1ccccc1)C(=O)NCc1ccccc1)OCc1ccccc1. The van der Waals surface area contributed by atoms with E-state index in [2.05, 4.69) is 10.6 Å². The Morgan fingerprint density at radius 3 is 1.94 bits per heavy atom. The van der Waals surface area contributed by atoms with E-state index in [9.17, 15) is 14.4 Å². The maximum Gasteiger partial charge on any atom is 0.306 e. The van der Waals surface area contributed by atoms with E-state index in [-0.39, 0.29) is 31.3 Å². The highest BCUT2D eigenvalue weighted by molar-refractivity contribution is 5.97. The Balaban J connectivity index is 1.57. The molecular formula is C26H26N2O4. The van der Waals surface area contributed by atoms with Crippen LogP contribution >= 0.6 is 0 Å². The first-order valence-corrected chi connectivity index (χ1v) is 10.5. The van der Waals surface area contributed by atoms with Crippen molar-refractivity contribution in [3.8, 4) is 0 Å². The third-order valence-corrected chi connectivity index (χ3v) is 4.85. The molecule has 164 valence electrons. The number of hydrogen-bond donors (Lipinski definition) is 2. The van der Waals surface area contributed by atoms with Gasteiger partial charge in [-0.25, -0.2) is 0 Å². The molecule has 0 saturated carbocycles.